The molecule has 1 amide bonds. The summed E-state index contributed by atoms with van der Waals surface area (Å²) >= 11 is 0. The molecule has 0 saturated heterocycles. The lowest BCUT2D eigenvalue weighted by Gasteiger charge is -2.01. The minimum Gasteiger partial charge on any atom is -0.354 e. The molecular weight excluding hydrogens is 168 g/mol. The summed E-state index contributed by atoms with van der Waals surface area (Å²) < 4.78 is 0. The van der Waals surface area contributed by atoms with E-state index in [1.54, 1.807) is 13.0 Å². The Kier molecular flexibility index (Phi) is 2.74. The van der Waals surface area contributed by atoms with Gasteiger partial charge in [0.15, 0.2) is 6.29 Å². The van der Waals surface area contributed by atoms with Crippen molar-refractivity contribution in [1.82, 2.24) is 10.3 Å². The van der Waals surface area contributed by atoms with Crippen LogP contribution in [0.2, 0.25) is 0 Å². The molecule has 13 heavy (non-hydrogen) atoms. The number of aromatic nitrogens is 1. The van der Waals surface area contributed by atoms with Crippen LogP contribution in [0.4, 0.5) is 0 Å². The van der Waals surface area contributed by atoms with Gasteiger partial charge in [0.25, 0.3) is 5.91 Å². The normalized spacial score (nSPS) is 9.38. The molecule has 0 aromatic carbocycles. The maximum atomic E-state index is 11.1. The van der Waals surface area contributed by atoms with Gasteiger partial charge in [0.2, 0.25) is 0 Å². The summed E-state index contributed by atoms with van der Waals surface area (Å²) in [5.74, 6) is -0.249. The Balaban J connectivity index is 3.09. The molecule has 1 aromatic heterocycles. The van der Waals surface area contributed by atoms with Gasteiger partial charge < -0.3 is 5.32 Å². The highest BCUT2D eigenvalue weighted by Crippen LogP contribution is 2.05. The van der Waals surface area contributed by atoms with Crippen molar-refractivity contribution in [1.29, 1.82) is 0 Å². The van der Waals surface area contributed by atoms with Crippen LogP contribution >= 0.6 is 0 Å². The molecule has 1 heterocycles. The zero-order valence-corrected chi connectivity index (χ0v) is 7.50. The number of nitrogens with one attached hydrogen (secondary N) is 1. The first kappa shape index (κ1) is 9.38. The summed E-state index contributed by atoms with van der Waals surface area (Å²) in [7, 11) is 1.53. The Morgan fingerprint density at radius 3 is 2.77 bits per heavy atom. The topological polar surface area (TPSA) is 59.1 Å². The predicted molar refractivity (Wildman–Crippen MR) is 47.8 cm³/mol. The molecule has 0 fully saturated rings. The van der Waals surface area contributed by atoms with E-state index in [9.17, 15) is 9.59 Å². The molecule has 0 aliphatic carbocycles. The molecule has 0 radical (unpaired) electrons. The first-order valence-electron chi connectivity index (χ1n) is 3.83. The second kappa shape index (κ2) is 3.80. The molecule has 0 atom stereocenters. The smallest absolute Gasteiger partial charge is 0.269 e. The van der Waals surface area contributed by atoms with Crippen LogP contribution in [-0.4, -0.2) is 24.2 Å². The van der Waals surface area contributed by atoms with Crippen molar-refractivity contribution in [3.63, 3.8) is 0 Å². The maximum Gasteiger partial charge on any atom is 0.269 e. The Morgan fingerprint density at radius 2 is 2.31 bits per heavy atom. The molecule has 4 nitrogen and oxygen atoms in total. The zero-order chi connectivity index (χ0) is 9.84. The average Bonchev–Trinajstić information content (AvgIpc) is 2.16. The fraction of sp³-hybridized carbons (Fsp3) is 0.222. The van der Waals surface area contributed by atoms with E-state index in [-0.39, 0.29) is 5.91 Å². The third kappa shape index (κ3) is 1.90. The largest absolute Gasteiger partial charge is 0.354 e. The number of hydrogen-bond donors (Lipinski definition) is 1. The molecule has 4 heteroatoms. The van der Waals surface area contributed by atoms with Gasteiger partial charge in [-0.15, -0.1) is 0 Å². The Bertz CT molecular complexity index is 347. The molecule has 1 N–H and O–H groups in total. The number of pyridine rings is 1. The van der Waals surface area contributed by atoms with E-state index in [0.29, 0.717) is 11.3 Å². The summed E-state index contributed by atoms with van der Waals surface area (Å²) in [6.45, 7) is 1.76. The Labute approximate surface area is 76.0 Å². The van der Waals surface area contributed by atoms with Crippen molar-refractivity contribution in [3.05, 3.63) is 29.1 Å². The van der Waals surface area contributed by atoms with Crippen LogP contribution in [0, 0.1) is 6.92 Å². The third-order valence-corrected chi connectivity index (χ3v) is 1.74. The number of nitrogens with zero attached hydrogens (tertiary/aromatic N) is 1. The van der Waals surface area contributed by atoms with Crippen LogP contribution in [0.15, 0.2) is 12.3 Å². The van der Waals surface area contributed by atoms with Gasteiger partial charge in [-0.2, -0.15) is 0 Å². The SMILES string of the molecule is CNC(=O)c1cc(C)c(C=O)cn1. The van der Waals surface area contributed by atoms with E-state index in [4.69, 9.17) is 0 Å². The van der Waals surface area contributed by atoms with Gasteiger partial charge in [0, 0.05) is 18.8 Å². The summed E-state index contributed by atoms with van der Waals surface area (Å²) in [5, 5.41) is 2.46. The number of aryl methyl sites for hydroxylation is 1. The number of carbonyl (C=O) groups excluding carboxylic acids is 2. The van der Waals surface area contributed by atoms with E-state index in [1.165, 1.54) is 13.2 Å². The van der Waals surface area contributed by atoms with Crippen LogP contribution in [-0.2, 0) is 0 Å². The summed E-state index contributed by atoms with van der Waals surface area (Å²) in [4.78, 5) is 25.4. The van der Waals surface area contributed by atoms with Gasteiger partial charge in [-0.3, -0.25) is 14.6 Å². The van der Waals surface area contributed by atoms with Crippen LogP contribution in [0.1, 0.15) is 26.4 Å². The number of rotatable bonds is 2. The van der Waals surface area contributed by atoms with Crippen molar-refractivity contribution >= 4 is 12.2 Å². The highest BCUT2D eigenvalue weighted by molar-refractivity contribution is 5.92. The van der Waals surface area contributed by atoms with Gasteiger partial charge in [0.1, 0.15) is 5.69 Å². The molecule has 0 aliphatic heterocycles. The van der Waals surface area contributed by atoms with Crippen LogP contribution in [0.5, 0.6) is 0 Å². The van der Waals surface area contributed by atoms with E-state index in [2.05, 4.69) is 10.3 Å². The summed E-state index contributed by atoms with van der Waals surface area (Å²) in [5.41, 5.74) is 1.59. The molecule has 0 spiro atoms. The molecule has 1 aromatic rings. The van der Waals surface area contributed by atoms with Gasteiger partial charge in [-0.1, -0.05) is 0 Å². The molecule has 0 saturated carbocycles. The minimum atomic E-state index is -0.249. The molecule has 0 aliphatic rings. The van der Waals surface area contributed by atoms with Crippen LogP contribution < -0.4 is 5.32 Å². The highest BCUT2D eigenvalue weighted by atomic mass is 16.1. The third-order valence-electron chi connectivity index (χ3n) is 1.74. The lowest BCUT2D eigenvalue weighted by Crippen LogP contribution is -2.19. The molecule has 1 rings (SSSR count). The predicted octanol–water partition coefficient (Wildman–Crippen LogP) is 0.562. The highest BCUT2D eigenvalue weighted by Gasteiger charge is 2.06. The standard InChI is InChI=1S/C9H10N2O2/c1-6-3-8(9(13)10-2)11-4-7(6)5-12/h3-5H,1-2H3,(H,10,13). The molecule has 0 unspecified atom stereocenters. The monoisotopic (exact) mass is 178 g/mol. The lowest BCUT2D eigenvalue weighted by atomic mass is 10.1. The first-order chi connectivity index (χ1) is 6.19. The lowest BCUT2D eigenvalue weighted by molar-refractivity contribution is 0.0957. The maximum absolute atomic E-state index is 11.1. The second-order valence-electron chi connectivity index (χ2n) is 2.62. The van der Waals surface area contributed by atoms with E-state index in [0.717, 1.165) is 11.8 Å². The Morgan fingerprint density at radius 1 is 1.62 bits per heavy atom. The van der Waals surface area contributed by atoms with E-state index >= 15 is 0 Å². The van der Waals surface area contributed by atoms with Crippen molar-refractivity contribution < 1.29 is 9.59 Å². The number of aldehydes is 1. The number of amides is 1. The second-order valence-corrected chi connectivity index (χ2v) is 2.62. The van der Waals surface area contributed by atoms with E-state index in [1.807, 2.05) is 0 Å². The van der Waals surface area contributed by atoms with Gasteiger partial charge in [-0.25, -0.2) is 0 Å². The minimum absolute atomic E-state index is 0.249. The quantitative estimate of drug-likeness (QED) is 0.673. The fourth-order valence-corrected chi connectivity index (χ4v) is 0.942. The zero-order valence-electron chi connectivity index (χ0n) is 7.50. The number of carbonyl (C=O) groups is 2. The van der Waals surface area contributed by atoms with Crippen molar-refractivity contribution in [2.24, 2.45) is 0 Å². The summed E-state index contributed by atoms with van der Waals surface area (Å²) in [6.07, 6.45) is 2.11. The average molecular weight is 178 g/mol. The van der Waals surface area contributed by atoms with Gasteiger partial charge >= 0.3 is 0 Å². The van der Waals surface area contributed by atoms with Gasteiger partial charge in [0.05, 0.1) is 0 Å². The molecule has 0 bridgehead atoms. The fourth-order valence-electron chi connectivity index (χ4n) is 0.942. The van der Waals surface area contributed by atoms with Crippen LogP contribution in [0.25, 0.3) is 0 Å². The molecular formula is C9H10N2O2. The molecule has 68 valence electrons. The number of hydrogen-bond acceptors (Lipinski definition) is 3. The first-order valence-corrected chi connectivity index (χ1v) is 3.83. The Hall–Kier alpha value is -1.71. The summed E-state index contributed by atoms with van der Waals surface area (Å²) in [6, 6.07) is 1.59. The van der Waals surface area contributed by atoms with Crippen LogP contribution in [0.3, 0.4) is 0 Å². The van der Waals surface area contributed by atoms with Crippen molar-refractivity contribution in [3.8, 4) is 0 Å². The van der Waals surface area contributed by atoms with Gasteiger partial charge in [-0.05, 0) is 18.6 Å². The van der Waals surface area contributed by atoms with Crippen molar-refractivity contribution in [2.75, 3.05) is 7.05 Å². The van der Waals surface area contributed by atoms with Crippen molar-refractivity contribution in [2.45, 2.75) is 6.92 Å². The van der Waals surface area contributed by atoms with E-state index < -0.39 is 0 Å².